The first-order valence-corrected chi connectivity index (χ1v) is 9.61. The Labute approximate surface area is 149 Å². The molecule has 0 unspecified atom stereocenters. The molecule has 1 amide bonds. The zero-order valence-corrected chi connectivity index (χ0v) is 15.1. The zero-order chi connectivity index (χ0) is 17.6. The number of H-pyrrole nitrogens is 1. The van der Waals surface area contributed by atoms with Crippen molar-refractivity contribution in [1.82, 2.24) is 4.98 Å². The molecule has 1 aliphatic rings. The number of pyridine rings is 1. The number of aryl methyl sites for hydroxylation is 1. The largest absolute Gasteiger partial charge is 0.326 e. The topological polar surface area (TPSA) is 62.0 Å². The Balaban J connectivity index is 1.66. The number of hydrogen-bond donors (Lipinski definition) is 2. The van der Waals surface area contributed by atoms with E-state index < -0.39 is 0 Å². The van der Waals surface area contributed by atoms with E-state index in [0.29, 0.717) is 12.3 Å². The van der Waals surface area contributed by atoms with E-state index >= 15 is 0 Å². The predicted octanol–water partition coefficient (Wildman–Crippen LogP) is 4.78. The summed E-state index contributed by atoms with van der Waals surface area (Å²) in [5.74, 6) is 0.779. The molecule has 0 atom stereocenters. The van der Waals surface area contributed by atoms with E-state index in [1.54, 1.807) is 6.07 Å². The van der Waals surface area contributed by atoms with Crippen LogP contribution in [-0.4, -0.2) is 10.9 Å². The lowest BCUT2D eigenvalue weighted by Crippen LogP contribution is -2.15. The third-order valence-electron chi connectivity index (χ3n) is 5.24. The van der Waals surface area contributed by atoms with Crippen LogP contribution in [0.5, 0.6) is 0 Å². The molecule has 1 heterocycles. The van der Waals surface area contributed by atoms with Crippen LogP contribution in [0.15, 0.2) is 29.1 Å². The van der Waals surface area contributed by atoms with Gasteiger partial charge in [-0.1, -0.05) is 51.5 Å². The fraction of sp³-hybridized carbons (Fsp3) is 0.524. The van der Waals surface area contributed by atoms with Crippen LogP contribution >= 0.6 is 0 Å². The summed E-state index contributed by atoms with van der Waals surface area (Å²) < 4.78 is 0. The van der Waals surface area contributed by atoms with E-state index in [0.717, 1.165) is 41.4 Å². The average Bonchev–Trinajstić information content (AvgIpc) is 2.61. The van der Waals surface area contributed by atoms with E-state index in [9.17, 15) is 9.59 Å². The number of carbonyl (C=O) groups excluding carboxylic acids is 1. The minimum Gasteiger partial charge on any atom is -0.326 e. The molecule has 2 aromatic rings. The van der Waals surface area contributed by atoms with Gasteiger partial charge in [-0.3, -0.25) is 9.59 Å². The highest BCUT2D eigenvalue weighted by molar-refractivity contribution is 5.94. The molecule has 1 saturated carbocycles. The van der Waals surface area contributed by atoms with Gasteiger partial charge in [0.15, 0.2) is 0 Å². The summed E-state index contributed by atoms with van der Waals surface area (Å²) in [6, 6.07) is 7.47. The number of hydrogen-bond acceptors (Lipinski definition) is 2. The standard InChI is InChI=1S/C21H28N2O2/c1-2-6-16-13-21(25)23-19-14-17(10-11-18(16)19)22-20(24)12-9-15-7-4-3-5-8-15/h10-11,13-15H,2-9,12H2,1H3,(H,22,24)(H,23,25). The van der Waals surface area contributed by atoms with Gasteiger partial charge in [0.2, 0.25) is 11.5 Å². The van der Waals surface area contributed by atoms with E-state index in [1.807, 2.05) is 18.2 Å². The van der Waals surface area contributed by atoms with E-state index in [-0.39, 0.29) is 11.5 Å². The van der Waals surface area contributed by atoms with Gasteiger partial charge in [-0.2, -0.15) is 0 Å². The third-order valence-corrected chi connectivity index (χ3v) is 5.24. The lowest BCUT2D eigenvalue weighted by atomic mass is 9.86. The Morgan fingerprint density at radius 1 is 1.20 bits per heavy atom. The first kappa shape index (κ1) is 17.7. The van der Waals surface area contributed by atoms with Crippen LogP contribution in [-0.2, 0) is 11.2 Å². The highest BCUT2D eigenvalue weighted by Gasteiger charge is 2.15. The van der Waals surface area contributed by atoms with Crippen LogP contribution < -0.4 is 10.9 Å². The number of nitrogens with one attached hydrogen (secondary N) is 2. The van der Waals surface area contributed by atoms with Gasteiger partial charge >= 0.3 is 0 Å². The number of amides is 1. The maximum absolute atomic E-state index is 12.2. The number of carbonyl (C=O) groups is 1. The molecule has 0 aliphatic heterocycles. The van der Waals surface area contributed by atoms with Gasteiger partial charge in [0, 0.05) is 23.6 Å². The first-order chi connectivity index (χ1) is 12.2. The fourth-order valence-corrected chi connectivity index (χ4v) is 3.92. The molecule has 134 valence electrons. The molecular formula is C21H28N2O2. The summed E-state index contributed by atoms with van der Waals surface area (Å²) in [5.41, 5.74) is 2.53. The van der Waals surface area contributed by atoms with Crippen molar-refractivity contribution in [2.75, 3.05) is 5.32 Å². The van der Waals surface area contributed by atoms with Crippen LogP contribution in [0.4, 0.5) is 5.69 Å². The molecular weight excluding hydrogens is 312 g/mol. The molecule has 0 spiro atoms. The number of aromatic amines is 1. The van der Waals surface area contributed by atoms with Gasteiger partial charge < -0.3 is 10.3 Å². The first-order valence-electron chi connectivity index (χ1n) is 9.61. The summed E-state index contributed by atoms with van der Waals surface area (Å²) in [4.78, 5) is 27.0. The molecule has 1 aliphatic carbocycles. The number of rotatable bonds is 6. The number of anilines is 1. The molecule has 4 nitrogen and oxygen atoms in total. The van der Waals surface area contributed by atoms with Crippen molar-refractivity contribution >= 4 is 22.5 Å². The summed E-state index contributed by atoms with van der Waals surface area (Å²) in [7, 11) is 0. The lowest BCUT2D eigenvalue weighted by Gasteiger charge is -2.21. The van der Waals surface area contributed by atoms with Gasteiger partial charge in [-0.15, -0.1) is 0 Å². The number of aromatic nitrogens is 1. The van der Waals surface area contributed by atoms with Crippen molar-refractivity contribution < 1.29 is 4.79 Å². The number of benzene rings is 1. The predicted molar refractivity (Wildman–Crippen MR) is 103 cm³/mol. The average molecular weight is 340 g/mol. The minimum absolute atomic E-state index is 0.0667. The van der Waals surface area contributed by atoms with Crippen molar-refractivity contribution in [1.29, 1.82) is 0 Å². The molecule has 0 radical (unpaired) electrons. The monoisotopic (exact) mass is 340 g/mol. The molecule has 1 aromatic heterocycles. The summed E-state index contributed by atoms with van der Waals surface area (Å²) in [6.07, 6.45) is 9.94. The highest BCUT2D eigenvalue weighted by atomic mass is 16.1. The van der Waals surface area contributed by atoms with Crippen LogP contribution in [0.3, 0.4) is 0 Å². The Morgan fingerprint density at radius 3 is 2.76 bits per heavy atom. The minimum atomic E-state index is -0.0864. The van der Waals surface area contributed by atoms with Gasteiger partial charge in [-0.05, 0) is 36.5 Å². The van der Waals surface area contributed by atoms with Crippen molar-refractivity contribution in [2.45, 2.75) is 64.7 Å². The Kier molecular flexibility index (Phi) is 5.90. The molecule has 1 aromatic carbocycles. The van der Waals surface area contributed by atoms with E-state index in [2.05, 4.69) is 17.2 Å². The quantitative estimate of drug-likeness (QED) is 0.795. The zero-order valence-electron chi connectivity index (χ0n) is 15.1. The van der Waals surface area contributed by atoms with Crippen molar-refractivity contribution in [3.63, 3.8) is 0 Å². The fourth-order valence-electron chi connectivity index (χ4n) is 3.92. The van der Waals surface area contributed by atoms with Crippen LogP contribution in [0.25, 0.3) is 10.9 Å². The second kappa shape index (κ2) is 8.32. The second-order valence-electron chi connectivity index (χ2n) is 7.26. The normalized spacial score (nSPS) is 15.4. The van der Waals surface area contributed by atoms with E-state index in [1.165, 1.54) is 32.1 Å². The van der Waals surface area contributed by atoms with Gasteiger partial charge in [-0.25, -0.2) is 0 Å². The third kappa shape index (κ3) is 4.71. The van der Waals surface area contributed by atoms with Gasteiger partial charge in [0.05, 0.1) is 5.52 Å². The summed E-state index contributed by atoms with van der Waals surface area (Å²) in [5, 5.41) is 4.04. The smallest absolute Gasteiger partial charge is 0.248 e. The number of fused-ring (bicyclic) bond motifs is 1. The highest BCUT2D eigenvalue weighted by Crippen LogP contribution is 2.27. The summed E-state index contributed by atoms with van der Waals surface area (Å²) in [6.45, 7) is 2.11. The lowest BCUT2D eigenvalue weighted by molar-refractivity contribution is -0.116. The Bertz CT molecular complexity index is 788. The van der Waals surface area contributed by atoms with Crippen LogP contribution in [0, 0.1) is 5.92 Å². The molecule has 4 heteroatoms. The molecule has 2 N–H and O–H groups in total. The van der Waals surface area contributed by atoms with Crippen LogP contribution in [0.2, 0.25) is 0 Å². The molecule has 3 rings (SSSR count). The molecule has 0 bridgehead atoms. The Hall–Kier alpha value is -2.10. The summed E-state index contributed by atoms with van der Waals surface area (Å²) >= 11 is 0. The van der Waals surface area contributed by atoms with Gasteiger partial charge in [0.25, 0.3) is 0 Å². The Morgan fingerprint density at radius 2 is 2.00 bits per heavy atom. The second-order valence-corrected chi connectivity index (χ2v) is 7.26. The van der Waals surface area contributed by atoms with E-state index in [4.69, 9.17) is 0 Å². The van der Waals surface area contributed by atoms with Crippen molar-refractivity contribution in [3.05, 3.63) is 40.2 Å². The van der Waals surface area contributed by atoms with Crippen molar-refractivity contribution in [2.24, 2.45) is 5.92 Å². The molecule has 0 saturated heterocycles. The SMILES string of the molecule is CCCc1cc(=O)[nH]c2cc(NC(=O)CCC3CCCCC3)ccc12. The van der Waals surface area contributed by atoms with Crippen molar-refractivity contribution in [3.8, 4) is 0 Å². The molecule has 25 heavy (non-hydrogen) atoms. The van der Waals surface area contributed by atoms with Crippen LogP contribution in [0.1, 0.15) is 63.9 Å². The maximum Gasteiger partial charge on any atom is 0.248 e. The molecule has 1 fully saturated rings. The maximum atomic E-state index is 12.2. The van der Waals surface area contributed by atoms with Gasteiger partial charge in [0.1, 0.15) is 0 Å².